The fourth-order valence-electron chi connectivity index (χ4n) is 7.26. The summed E-state index contributed by atoms with van der Waals surface area (Å²) in [4.78, 5) is 2.46. The maximum Gasteiger partial charge on any atom is 0.420 e. The van der Waals surface area contributed by atoms with E-state index in [1.54, 1.807) is 12.3 Å². The number of hydrogen-bond donors (Lipinski definition) is 1. The molecule has 5 nitrogen and oxygen atoms in total. The van der Waals surface area contributed by atoms with E-state index in [2.05, 4.69) is 65.6 Å². The third-order valence-electron chi connectivity index (χ3n) is 8.60. The SMILES string of the molecule is CC(C)[Si](OCC(F)(F)Oc1ccc(N2CC(C)(C)N[C@@H]3CCCC[C@@H]32)c2ccoc12)(C(C)C)C(C)C. The van der Waals surface area contributed by atoms with E-state index >= 15 is 8.78 Å². The van der Waals surface area contributed by atoms with Gasteiger partial charge in [-0.1, -0.05) is 54.4 Å². The Morgan fingerprint density at radius 3 is 2.35 bits per heavy atom. The number of anilines is 1. The zero-order chi connectivity index (χ0) is 27.2. The van der Waals surface area contributed by atoms with Crippen molar-refractivity contribution in [1.82, 2.24) is 5.32 Å². The summed E-state index contributed by atoms with van der Waals surface area (Å²) in [5, 5.41) is 4.64. The molecule has 2 aliphatic rings. The molecule has 1 saturated heterocycles. The van der Waals surface area contributed by atoms with E-state index in [9.17, 15) is 0 Å². The minimum absolute atomic E-state index is 0.0479. The number of alkyl halides is 2. The molecule has 0 bridgehead atoms. The summed E-state index contributed by atoms with van der Waals surface area (Å²) >= 11 is 0. The predicted octanol–water partition coefficient (Wildman–Crippen LogP) is 8.10. The molecule has 1 aliphatic carbocycles. The lowest BCUT2D eigenvalue weighted by Crippen LogP contribution is -2.67. The minimum atomic E-state index is -3.47. The Balaban J connectivity index is 1.59. The molecule has 37 heavy (non-hydrogen) atoms. The molecule has 1 saturated carbocycles. The van der Waals surface area contributed by atoms with Crippen molar-refractivity contribution in [3.63, 3.8) is 0 Å². The third kappa shape index (κ3) is 5.57. The molecule has 0 unspecified atom stereocenters. The van der Waals surface area contributed by atoms with Crippen molar-refractivity contribution in [3.05, 3.63) is 24.5 Å². The molecule has 2 atom stereocenters. The monoisotopic (exact) mass is 536 g/mol. The van der Waals surface area contributed by atoms with E-state index in [0.29, 0.717) is 17.7 Å². The second kappa shape index (κ2) is 10.5. The molecule has 0 amide bonds. The van der Waals surface area contributed by atoms with Crippen LogP contribution in [0.15, 0.2) is 28.9 Å². The van der Waals surface area contributed by atoms with Crippen molar-refractivity contribution in [2.45, 2.75) is 121 Å². The van der Waals surface area contributed by atoms with Crippen LogP contribution < -0.4 is 15.0 Å². The number of nitrogens with zero attached hydrogens (tertiary/aromatic N) is 1. The van der Waals surface area contributed by atoms with Crippen LogP contribution in [0.5, 0.6) is 5.75 Å². The standard InChI is InChI=1S/C29H46F2N2O3Si/c1-19(2)37(20(3)4,21(5)6)35-18-29(30,31)36-26-14-13-24(22-15-16-34-27(22)26)33-17-28(7,8)32-23-11-9-10-12-25(23)33/h13-16,19-21,23,25,32H,9-12,17-18H2,1-8H3/t23-,25+/m1/s1. The van der Waals surface area contributed by atoms with Gasteiger partial charge >= 0.3 is 6.11 Å². The number of nitrogens with one attached hydrogen (secondary N) is 1. The molecule has 4 rings (SSSR count). The van der Waals surface area contributed by atoms with Crippen molar-refractivity contribution >= 4 is 25.0 Å². The Morgan fingerprint density at radius 1 is 1.05 bits per heavy atom. The first kappa shape index (κ1) is 28.4. The van der Waals surface area contributed by atoms with Crippen LogP contribution in [-0.4, -0.2) is 45.2 Å². The van der Waals surface area contributed by atoms with E-state index in [1.165, 1.54) is 12.8 Å². The number of piperazine rings is 1. The van der Waals surface area contributed by atoms with Gasteiger partial charge in [0.05, 0.1) is 6.26 Å². The minimum Gasteiger partial charge on any atom is -0.460 e. The summed E-state index contributed by atoms with van der Waals surface area (Å²) in [5.74, 6) is 0.0536. The first-order chi connectivity index (χ1) is 17.3. The van der Waals surface area contributed by atoms with Gasteiger partial charge in [-0.05, 0) is 61.5 Å². The second-order valence-corrected chi connectivity index (χ2v) is 18.2. The van der Waals surface area contributed by atoms with E-state index in [-0.39, 0.29) is 27.9 Å². The number of rotatable bonds is 9. The fraction of sp³-hybridized carbons (Fsp3) is 0.724. The maximum absolute atomic E-state index is 15.3. The summed E-state index contributed by atoms with van der Waals surface area (Å²) < 4.78 is 47.8. The smallest absolute Gasteiger partial charge is 0.420 e. The van der Waals surface area contributed by atoms with Crippen LogP contribution in [0.2, 0.25) is 16.6 Å². The van der Waals surface area contributed by atoms with Gasteiger partial charge in [0.15, 0.2) is 11.3 Å². The summed E-state index contributed by atoms with van der Waals surface area (Å²) in [5.41, 5.74) is 1.98. The summed E-state index contributed by atoms with van der Waals surface area (Å²) in [7, 11) is -2.45. The first-order valence-electron chi connectivity index (χ1n) is 14.0. The molecule has 1 aliphatic heterocycles. The molecule has 1 aromatic carbocycles. The number of fused-ring (bicyclic) bond motifs is 2. The fourth-order valence-corrected chi connectivity index (χ4v) is 12.7. The number of halogens is 2. The van der Waals surface area contributed by atoms with Gasteiger partial charge in [-0.3, -0.25) is 0 Å². The number of ether oxygens (including phenoxy) is 1. The Labute approximate surface area is 222 Å². The van der Waals surface area contributed by atoms with Gasteiger partial charge < -0.3 is 23.8 Å². The zero-order valence-electron chi connectivity index (χ0n) is 23.9. The summed E-state index contributed by atoms with van der Waals surface area (Å²) in [6.45, 7) is 17.1. The largest absolute Gasteiger partial charge is 0.460 e. The van der Waals surface area contributed by atoms with Gasteiger partial charge in [-0.15, -0.1) is 0 Å². The van der Waals surface area contributed by atoms with Gasteiger partial charge in [0, 0.05) is 35.2 Å². The number of hydrogen-bond acceptors (Lipinski definition) is 5. The molecule has 8 heteroatoms. The highest BCUT2D eigenvalue weighted by atomic mass is 28.4. The van der Waals surface area contributed by atoms with Crippen LogP contribution in [0.1, 0.15) is 81.1 Å². The molecule has 1 N–H and O–H groups in total. The average molecular weight is 537 g/mol. The maximum atomic E-state index is 15.3. The van der Waals surface area contributed by atoms with Gasteiger partial charge in [-0.2, -0.15) is 8.78 Å². The van der Waals surface area contributed by atoms with Crippen LogP contribution in [-0.2, 0) is 4.43 Å². The van der Waals surface area contributed by atoms with Gasteiger partial charge in [0.1, 0.15) is 6.61 Å². The lowest BCUT2D eigenvalue weighted by atomic mass is 9.83. The van der Waals surface area contributed by atoms with Crippen LogP contribution >= 0.6 is 0 Å². The molecule has 2 fully saturated rings. The highest BCUT2D eigenvalue weighted by molar-refractivity contribution is 6.77. The van der Waals surface area contributed by atoms with E-state index in [0.717, 1.165) is 30.5 Å². The Morgan fingerprint density at radius 2 is 1.70 bits per heavy atom. The number of furan rings is 1. The van der Waals surface area contributed by atoms with Crippen LogP contribution in [0.4, 0.5) is 14.5 Å². The van der Waals surface area contributed by atoms with Crippen molar-refractivity contribution in [2.75, 3.05) is 18.1 Å². The van der Waals surface area contributed by atoms with Gasteiger partial charge in [0.25, 0.3) is 0 Å². The molecule has 2 aromatic rings. The van der Waals surface area contributed by atoms with Crippen molar-refractivity contribution in [3.8, 4) is 5.75 Å². The van der Waals surface area contributed by atoms with Crippen LogP contribution in [0, 0.1) is 0 Å². The summed E-state index contributed by atoms with van der Waals surface area (Å²) in [6.07, 6.45) is 2.81. The lowest BCUT2D eigenvalue weighted by molar-refractivity contribution is -0.197. The molecular weight excluding hydrogens is 490 g/mol. The Hall–Kier alpha value is -1.64. The van der Waals surface area contributed by atoms with Crippen LogP contribution in [0.3, 0.4) is 0 Å². The highest BCUT2D eigenvalue weighted by Gasteiger charge is 2.48. The Bertz CT molecular complexity index is 1050. The first-order valence-corrected chi connectivity index (χ1v) is 16.2. The van der Waals surface area contributed by atoms with Gasteiger partial charge in [0.2, 0.25) is 8.32 Å². The topological polar surface area (TPSA) is 46.9 Å². The predicted molar refractivity (Wildman–Crippen MR) is 149 cm³/mol. The zero-order valence-corrected chi connectivity index (χ0v) is 24.9. The lowest BCUT2D eigenvalue weighted by Gasteiger charge is -2.52. The van der Waals surface area contributed by atoms with E-state index in [4.69, 9.17) is 13.6 Å². The molecule has 0 spiro atoms. The molecule has 2 heterocycles. The molecule has 208 valence electrons. The van der Waals surface area contributed by atoms with Crippen molar-refractivity contribution in [2.24, 2.45) is 0 Å². The van der Waals surface area contributed by atoms with Crippen LogP contribution in [0.25, 0.3) is 11.0 Å². The average Bonchev–Trinajstić information content (AvgIpc) is 3.28. The molecular formula is C29H46F2N2O3Si. The van der Waals surface area contributed by atoms with E-state index < -0.39 is 21.0 Å². The Kier molecular flexibility index (Phi) is 8.05. The highest BCUT2D eigenvalue weighted by Crippen LogP contribution is 2.44. The second-order valence-electron chi connectivity index (χ2n) is 12.7. The number of benzene rings is 1. The summed E-state index contributed by atoms with van der Waals surface area (Å²) in [6, 6.07) is 6.23. The quantitative estimate of drug-likeness (QED) is 0.328. The van der Waals surface area contributed by atoms with Gasteiger partial charge in [-0.25, -0.2) is 0 Å². The normalized spacial score (nSPS) is 22.8. The molecule has 1 aromatic heterocycles. The molecule has 0 radical (unpaired) electrons. The van der Waals surface area contributed by atoms with E-state index in [1.807, 2.05) is 12.1 Å². The van der Waals surface area contributed by atoms with Crippen molar-refractivity contribution in [1.29, 1.82) is 0 Å². The third-order valence-corrected chi connectivity index (χ3v) is 14.7. The van der Waals surface area contributed by atoms with Crippen molar-refractivity contribution < 1.29 is 22.4 Å².